The Kier molecular flexibility index (Phi) is 4.64. The minimum atomic E-state index is -0.822. The van der Waals surface area contributed by atoms with E-state index in [-0.39, 0.29) is 0 Å². The van der Waals surface area contributed by atoms with Crippen LogP contribution >= 0.6 is 0 Å². The lowest BCUT2D eigenvalue weighted by Crippen LogP contribution is -2.07. The van der Waals surface area contributed by atoms with Crippen LogP contribution in [-0.4, -0.2) is 37.4 Å². The zero-order valence-electron chi connectivity index (χ0n) is 13.2. The zero-order chi connectivity index (χ0) is 16.2. The minimum Gasteiger partial charge on any atom is -0.491 e. The smallest absolute Gasteiger partial charge is 0.484 e. The highest BCUT2D eigenvalue weighted by Crippen LogP contribution is 2.30. The number of aromatic nitrogens is 1. The summed E-state index contributed by atoms with van der Waals surface area (Å²) in [6.45, 7) is 2.84. The summed E-state index contributed by atoms with van der Waals surface area (Å²) in [5.74, 6) is 2.81. The molecule has 23 heavy (non-hydrogen) atoms. The average Bonchev–Trinajstić information content (AvgIpc) is 3.02. The molecule has 1 aromatic carbocycles. The fourth-order valence-corrected chi connectivity index (χ4v) is 2.49. The maximum Gasteiger partial charge on any atom is 0.484 e. The van der Waals surface area contributed by atoms with Crippen LogP contribution in [0, 0.1) is 0 Å². The largest absolute Gasteiger partial charge is 0.491 e. The normalized spacial score (nSPS) is 13.9. The van der Waals surface area contributed by atoms with Crippen molar-refractivity contribution in [3.63, 3.8) is 0 Å². The lowest BCUT2D eigenvalue weighted by atomic mass is 9.89. The Bertz CT molecular complexity index is 732. The Balaban J connectivity index is 1.96. The molecule has 0 amide bonds. The number of ether oxygens (including phenoxy) is 2. The molecule has 118 valence electrons. The van der Waals surface area contributed by atoms with Gasteiger partial charge in [-0.2, -0.15) is 0 Å². The molecule has 1 N–H and O–H groups in total. The predicted molar refractivity (Wildman–Crippen MR) is 89.3 cm³/mol. The van der Waals surface area contributed by atoms with Crippen LogP contribution in [0.25, 0.3) is 16.8 Å². The molecule has 2 heterocycles. The van der Waals surface area contributed by atoms with Crippen LogP contribution in [0.4, 0.5) is 0 Å². The third kappa shape index (κ3) is 3.38. The Labute approximate surface area is 135 Å². The van der Waals surface area contributed by atoms with Crippen LogP contribution in [0.5, 0.6) is 11.6 Å². The first-order chi connectivity index (χ1) is 11.2. The number of nitrogens with zero attached hydrogens (tertiary/aromatic N) is 1. The SMILES string of the molecule is CCOc1nc(-c2cccc(C3=CB(O)OC3)c2)ccc1OC. The number of benzene rings is 1. The van der Waals surface area contributed by atoms with Gasteiger partial charge in [-0.25, -0.2) is 4.98 Å². The van der Waals surface area contributed by atoms with Gasteiger partial charge in [0, 0.05) is 5.56 Å². The van der Waals surface area contributed by atoms with Gasteiger partial charge in [0.1, 0.15) is 0 Å². The number of hydrogen-bond acceptors (Lipinski definition) is 5. The van der Waals surface area contributed by atoms with Gasteiger partial charge in [0.05, 0.1) is 26.0 Å². The van der Waals surface area contributed by atoms with Gasteiger partial charge < -0.3 is 19.2 Å². The Hall–Kier alpha value is -2.31. The molecule has 0 unspecified atom stereocenters. The van der Waals surface area contributed by atoms with Crippen molar-refractivity contribution in [2.75, 3.05) is 20.3 Å². The highest BCUT2D eigenvalue weighted by molar-refractivity contribution is 6.52. The van der Waals surface area contributed by atoms with E-state index in [1.54, 1.807) is 13.1 Å². The van der Waals surface area contributed by atoms with Gasteiger partial charge in [0.25, 0.3) is 5.88 Å². The molecule has 1 aromatic heterocycles. The molecule has 0 fully saturated rings. The van der Waals surface area contributed by atoms with E-state index in [1.807, 2.05) is 43.3 Å². The van der Waals surface area contributed by atoms with Crippen molar-refractivity contribution < 1.29 is 19.2 Å². The summed E-state index contributed by atoms with van der Waals surface area (Å²) >= 11 is 0. The maximum atomic E-state index is 9.46. The third-order valence-electron chi connectivity index (χ3n) is 3.61. The van der Waals surface area contributed by atoms with Crippen molar-refractivity contribution in [2.24, 2.45) is 0 Å². The van der Waals surface area contributed by atoms with E-state index in [4.69, 9.17) is 14.1 Å². The third-order valence-corrected chi connectivity index (χ3v) is 3.61. The van der Waals surface area contributed by atoms with Gasteiger partial charge in [-0.15, -0.1) is 0 Å². The van der Waals surface area contributed by atoms with Crippen molar-refractivity contribution in [3.8, 4) is 22.9 Å². The molecular formula is C17H18BNO4. The van der Waals surface area contributed by atoms with Gasteiger partial charge >= 0.3 is 7.12 Å². The van der Waals surface area contributed by atoms with Crippen molar-refractivity contribution in [1.29, 1.82) is 0 Å². The van der Waals surface area contributed by atoms with Crippen LogP contribution in [-0.2, 0) is 4.65 Å². The summed E-state index contributed by atoms with van der Waals surface area (Å²) in [4.78, 5) is 4.54. The van der Waals surface area contributed by atoms with Gasteiger partial charge in [0.2, 0.25) is 0 Å². The molecule has 0 atom stereocenters. The van der Waals surface area contributed by atoms with Gasteiger partial charge in [-0.05, 0) is 42.2 Å². The van der Waals surface area contributed by atoms with Crippen molar-refractivity contribution in [1.82, 2.24) is 4.98 Å². The second-order valence-corrected chi connectivity index (χ2v) is 5.11. The molecule has 0 aliphatic carbocycles. The molecule has 0 bridgehead atoms. The fourth-order valence-electron chi connectivity index (χ4n) is 2.49. The van der Waals surface area contributed by atoms with E-state index in [9.17, 15) is 5.02 Å². The van der Waals surface area contributed by atoms with E-state index >= 15 is 0 Å². The van der Waals surface area contributed by atoms with Gasteiger partial charge in [-0.1, -0.05) is 18.2 Å². The van der Waals surface area contributed by atoms with Crippen molar-refractivity contribution in [2.45, 2.75) is 6.92 Å². The summed E-state index contributed by atoms with van der Waals surface area (Å²) in [6.07, 6.45) is 0. The van der Waals surface area contributed by atoms with Crippen LogP contribution in [0.3, 0.4) is 0 Å². The molecule has 1 aliphatic rings. The molecule has 0 saturated heterocycles. The monoisotopic (exact) mass is 311 g/mol. The Morgan fingerprint density at radius 3 is 2.78 bits per heavy atom. The molecule has 3 rings (SSSR count). The quantitative estimate of drug-likeness (QED) is 0.860. The van der Waals surface area contributed by atoms with E-state index in [0.29, 0.717) is 24.8 Å². The molecule has 0 saturated carbocycles. The summed E-state index contributed by atoms with van der Waals surface area (Å²) in [7, 11) is 0.773. The average molecular weight is 311 g/mol. The van der Waals surface area contributed by atoms with Crippen molar-refractivity contribution in [3.05, 3.63) is 47.9 Å². The van der Waals surface area contributed by atoms with E-state index in [0.717, 1.165) is 22.4 Å². The highest BCUT2D eigenvalue weighted by Gasteiger charge is 2.20. The van der Waals surface area contributed by atoms with E-state index < -0.39 is 7.12 Å². The number of hydrogen-bond donors (Lipinski definition) is 1. The molecule has 5 nitrogen and oxygen atoms in total. The first-order valence-corrected chi connectivity index (χ1v) is 7.50. The zero-order valence-corrected chi connectivity index (χ0v) is 13.2. The Morgan fingerprint density at radius 1 is 1.26 bits per heavy atom. The summed E-state index contributed by atoms with van der Waals surface area (Å²) in [5, 5.41) is 9.46. The topological polar surface area (TPSA) is 60.8 Å². The second kappa shape index (κ2) is 6.85. The van der Waals surface area contributed by atoms with Crippen LogP contribution in [0.1, 0.15) is 12.5 Å². The summed E-state index contributed by atoms with van der Waals surface area (Å²) in [5.41, 5.74) is 3.75. The second-order valence-electron chi connectivity index (χ2n) is 5.11. The molecular weight excluding hydrogens is 293 g/mol. The predicted octanol–water partition coefficient (Wildman–Crippen LogP) is 2.59. The number of pyridine rings is 1. The van der Waals surface area contributed by atoms with Gasteiger partial charge in [0.15, 0.2) is 5.75 Å². The number of rotatable bonds is 5. The maximum absolute atomic E-state index is 9.46. The summed E-state index contributed by atoms with van der Waals surface area (Å²) < 4.78 is 16.0. The van der Waals surface area contributed by atoms with Crippen molar-refractivity contribution >= 4 is 12.7 Å². The lowest BCUT2D eigenvalue weighted by molar-refractivity contribution is 0.299. The molecule has 2 aromatic rings. The van der Waals surface area contributed by atoms with Crippen LogP contribution in [0.15, 0.2) is 42.4 Å². The van der Waals surface area contributed by atoms with Crippen LogP contribution in [0.2, 0.25) is 0 Å². The lowest BCUT2D eigenvalue weighted by Gasteiger charge is -2.11. The first-order valence-electron chi connectivity index (χ1n) is 7.50. The summed E-state index contributed by atoms with van der Waals surface area (Å²) in [6, 6.07) is 11.7. The molecule has 0 radical (unpaired) electrons. The number of methoxy groups -OCH3 is 1. The van der Waals surface area contributed by atoms with Gasteiger partial charge in [-0.3, -0.25) is 0 Å². The Morgan fingerprint density at radius 2 is 2.09 bits per heavy atom. The van der Waals surface area contributed by atoms with E-state index in [1.165, 1.54) is 0 Å². The first kappa shape index (κ1) is 15.6. The molecule has 1 aliphatic heterocycles. The van der Waals surface area contributed by atoms with Crippen LogP contribution < -0.4 is 9.47 Å². The molecule has 0 spiro atoms. The standard InChI is InChI=1S/C17H18BNO4/c1-3-22-17-16(21-2)8-7-15(19-17)13-6-4-5-12(9-13)14-10-18(20)23-11-14/h4-10,20H,3,11H2,1-2H3. The highest BCUT2D eigenvalue weighted by atomic mass is 16.5. The molecule has 6 heteroatoms. The fraction of sp³-hybridized carbons (Fsp3) is 0.235. The minimum absolute atomic E-state index is 0.408. The van der Waals surface area contributed by atoms with E-state index in [2.05, 4.69) is 4.98 Å².